The number of nitrogen functional groups attached to an aromatic ring is 1. The number of thiophene rings is 1. The molecule has 0 aliphatic carbocycles. The average molecular weight is 284 g/mol. The summed E-state index contributed by atoms with van der Waals surface area (Å²) in [5, 5.41) is 4.62. The molecule has 0 fully saturated rings. The van der Waals surface area contributed by atoms with Gasteiger partial charge < -0.3 is 11.1 Å². The maximum Gasteiger partial charge on any atom is 0.258 e. The average Bonchev–Trinajstić information content (AvgIpc) is 2.84. The van der Waals surface area contributed by atoms with Gasteiger partial charge in [-0.15, -0.1) is 11.3 Å². The zero-order chi connectivity index (χ0) is 14.1. The minimum atomic E-state index is -0.196. The number of nitrogens with one attached hydrogen (secondary N) is 1. The summed E-state index contributed by atoms with van der Waals surface area (Å²) in [4.78, 5) is 20.3. The Kier molecular flexibility index (Phi) is 3.08. The van der Waals surface area contributed by atoms with E-state index in [1.807, 2.05) is 31.2 Å². The van der Waals surface area contributed by atoms with Gasteiger partial charge >= 0.3 is 0 Å². The van der Waals surface area contributed by atoms with Crippen LogP contribution in [0.3, 0.4) is 0 Å². The van der Waals surface area contributed by atoms with Crippen LogP contribution in [0, 0.1) is 6.92 Å². The van der Waals surface area contributed by atoms with E-state index in [1.54, 1.807) is 11.6 Å². The van der Waals surface area contributed by atoms with Crippen molar-refractivity contribution in [3.05, 3.63) is 47.0 Å². The fraction of sp³-hybridized carbons (Fsp3) is 0.0714. The van der Waals surface area contributed by atoms with Gasteiger partial charge in [0.05, 0.1) is 22.0 Å². The number of benzene rings is 1. The van der Waals surface area contributed by atoms with Crippen LogP contribution in [-0.4, -0.2) is 15.9 Å². The Labute approximate surface area is 119 Å². The Morgan fingerprint density at radius 3 is 2.80 bits per heavy atom. The molecular weight excluding hydrogens is 272 g/mol. The second-order valence-corrected chi connectivity index (χ2v) is 5.32. The Hall–Kier alpha value is -2.47. The maximum absolute atomic E-state index is 12.3. The smallest absolute Gasteiger partial charge is 0.258 e. The summed E-state index contributed by atoms with van der Waals surface area (Å²) < 4.78 is 0.841. The maximum atomic E-state index is 12.3. The van der Waals surface area contributed by atoms with Gasteiger partial charge in [-0.1, -0.05) is 17.7 Å². The van der Waals surface area contributed by atoms with Crippen molar-refractivity contribution in [3.63, 3.8) is 0 Å². The minimum Gasteiger partial charge on any atom is -0.368 e. The van der Waals surface area contributed by atoms with Crippen molar-refractivity contribution in [2.24, 2.45) is 0 Å². The summed E-state index contributed by atoms with van der Waals surface area (Å²) in [6.07, 6.45) is 1.63. The monoisotopic (exact) mass is 284 g/mol. The summed E-state index contributed by atoms with van der Waals surface area (Å²) in [6, 6.07) is 7.62. The second-order valence-electron chi connectivity index (χ2n) is 4.41. The lowest BCUT2D eigenvalue weighted by molar-refractivity contribution is 0.102. The highest BCUT2D eigenvalue weighted by Crippen LogP contribution is 2.24. The number of hydrogen-bond donors (Lipinski definition) is 2. The number of hydrogen-bond acceptors (Lipinski definition) is 5. The highest BCUT2D eigenvalue weighted by atomic mass is 32.1. The van der Waals surface area contributed by atoms with Crippen molar-refractivity contribution >= 4 is 39.1 Å². The first-order valence-corrected chi connectivity index (χ1v) is 6.89. The molecule has 3 aromatic rings. The molecule has 2 heterocycles. The van der Waals surface area contributed by atoms with E-state index in [0.29, 0.717) is 11.1 Å². The molecule has 0 atom stereocenters. The first-order chi connectivity index (χ1) is 9.63. The van der Waals surface area contributed by atoms with E-state index in [1.165, 1.54) is 11.3 Å². The zero-order valence-corrected chi connectivity index (χ0v) is 11.6. The van der Waals surface area contributed by atoms with E-state index in [0.717, 1.165) is 16.0 Å². The standard InChI is InChI=1S/C14H12N4OS/c1-8-2-4-9(5-3-8)17-13(19)10-7-20-11-6-16-14(15)18-12(10)11/h2-7H,1H3,(H,17,19)(H2,15,16,18). The Balaban J connectivity index is 1.92. The van der Waals surface area contributed by atoms with Gasteiger partial charge in [0.1, 0.15) is 0 Å². The molecule has 3 rings (SSSR count). The molecule has 0 unspecified atom stereocenters. The quantitative estimate of drug-likeness (QED) is 0.758. The summed E-state index contributed by atoms with van der Waals surface area (Å²) in [5.74, 6) is -0.0292. The summed E-state index contributed by atoms with van der Waals surface area (Å²) in [7, 11) is 0. The first-order valence-electron chi connectivity index (χ1n) is 6.01. The molecule has 1 aromatic carbocycles. The van der Waals surface area contributed by atoms with Gasteiger partial charge in [0.25, 0.3) is 5.91 Å². The number of aromatic nitrogens is 2. The van der Waals surface area contributed by atoms with Crippen LogP contribution in [0.15, 0.2) is 35.8 Å². The number of carbonyl (C=O) groups is 1. The zero-order valence-electron chi connectivity index (χ0n) is 10.8. The Bertz CT molecular complexity index is 779. The molecule has 0 spiro atoms. The molecule has 0 bridgehead atoms. The number of anilines is 2. The van der Waals surface area contributed by atoms with E-state index < -0.39 is 0 Å². The number of carbonyl (C=O) groups excluding carboxylic acids is 1. The molecule has 3 N–H and O–H groups in total. The van der Waals surface area contributed by atoms with Gasteiger partial charge in [-0.3, -0.25) is 4.79 Å². The van der Waals surface area contributed by atoms with Gasteiger partial charge in [-0.2, -0.15) is 0 Å². The number of nitrogens with zero attached hydrogens (tertiary/aromatic N) is 2. The van der Waals surface area contributed by atoms with E-state index in [9.17, 15) is 4.79 Å². The van der Waals surface area contributed by atoms with Crippen LogP contribution in [0.5, 0.6) is 0 Å². The molecule has 5 nitrogen and oxygen atoms in total. The lowest BCUT2D eigenvalue weighted by Crippen LogP contribution is -2.11. The number of rotatable bonds is 2. The van der Waals surface area contributed by atoms with Gasteiger partial charge in [0, 0.05) is 11.1 Å². The van der Waals surface area contributed by atoms with Crippen molar-refractivity contribution in [1.82, 2.24) is 9.97 Å². The first kappa shape index (κ1) is 12.6. The van der Waals surface area contributed by atoms with E-state index in [-0.39, 0.29) is 11.9 Å². The fourth-order valence-corrected chi connectivity index (χ4v) is 2.68. The van der Waals surface area contributed by atoms with E-state index >= 15 is 0 Å². The van der Waals surface area contributed by atoms with E-state index in [2.05, 4.69) is 15.3 Å². The van der Waals surface area contributed by atoms with Crippen molar-refractivity contribution < 1.29 is 4.79 Å². The molecule has 0 saturated carbocycles. The lowest BCUT2D eigenvalue weighted by Gasteiger charge is -2.04. The van der Waals surface area contributed by atoms with Crippen LogP contribution in [0.4, 0.5) is 11.6 Å². The Morgan fingerprint density at radius 1 is 1.30 bits per heavy atom. The third-order valence-electron chi connectivity index (χ3n) is 2.89. The highest BCUT2D eigenvalue weighted by Gasteiger charge is 2.14. The van der Waals surface area contributed by atoms with Gasteiger partial charge in [0.2, 0.25) is 5.95 Å². The number of nitrogens with two attached hydrogens (primary N) is 1. The van der Waals surface area contributed by atoms with Crippen LogP contribution < -0.4 is 11.1 Å². The summed E-state index contributed by atoms with van der Waals surface area (Å²) in [5.41, 5.74) is 8.57. The van der Waals surface area contributed by atoms with Gasteiger partial charge in [0.15, 0.2) is 0 Å². The molecule has 0 aliphatic rings. The van der Waals surface area contributed by atoms with Gasteiger partial charge in [-0.05, 0) is 19.1 Å². The van der Waals surface area contributed by atoms with Crippen molar-refractivity contribution in [2.45, 2.75) is 6.92 Å². The summed E-state index contributed by atoms with van der Waals surface area (Å²) >= 11 is 1.42. The minimum absolute atomic E-state index is 0.167. The molecule has 20 heavy (non-hydrogen) atoms. The van der Waals surface area contributed by atoms with Crippen molar-refractivity contribution in [3.8, 4) is 0 Å². The highest BCUT2D eigenvalue weighted by molar-refractivity contribution is 7.17. The van der Waals surface area contributed by atoms with Crippen LogP contribution in [0.25, 0.3) is 10.2 Å². The molecule has 100 valence electrons. The van der Waals surface area contributed by atoms with E-state index in [4.69, 9.17) is 5.73 Å². The molecule has 0 saturated heterocycles. The predicted octanol–water partition coefficient (Wildman–Crippen LogP) is 2.83. The van der Waals surface area contributed by atoms with Crippen LogP contribution in [0.1, 0.15) is 15.9 Å². The number of fused-ring (bicyclic) bond motifs is 1. The Morgan fingerprint density at radius 2 is 2.05 bits per heavy atom. The molecule has 6 heteroatoms. The molecule has 0 aliphatic heterocycles. The van der Waals surface area contributed by atoms with Crippen molar-refractivity contribution in [1.29, 1.82) is 0 Å². The molecular formula is C14H12N4OS. The number of aryl methyl sites for hydroxylation is 1. The predicted molar refractivity (Wildman–Crippen MR) is 81.0 cm³/mol. The lowest BCUT2D eigenvalue weighted by atomic mass is 10.2. The molecule has 0 radical (unpaired) electrons. The summed E-state index contributed by atoms with van der Waals surface area (Å²) in [6.45, 7) is 2.00. The third kappa shape index (κ3) is 2.33. The van der Waals surface area contributed by atoms with Crippen LogP contribution in [-0.2, 0) is 0 Å². The normalized spacial score (nSPS) is 10.7. The van der Waals surface area contributed by atoms with Gasteiger partial charge in [-0.25, -0.2) is 9.97 Å². The number of amides is 1. The van der Waals surface area contributed by atoms with Crippen LogP contribution in [0.2, 0.25) is 0 Å². The van der Waals surface area contributed by atoms with Crippen molar-refractivity contribution in [2.75, 3.05) is 11.1 Å². The molecule has 2 aromatic heterocycles. The molecule has 1 amide bonds. The fourth-order valence-electron chi connectivity index (χ4n) is 1.84. The topological polar surface area (TPSA) is 80.9 Å². The van der Waals surface area contributed by atoms with Crippen LogP contribution >= 0.6 is 11.3 Å². The third-order valence-corrected chi connectivity index (χ3v) is 3.79. The SMILES string of the molecule is Cc1ccc(NC(=O)c2csc3cnc(N)nc23)cc1. The second kappa shape index (κ2) is 4.90. The largest absolute Gasteiger partial charge is 0.368 e.